The molecule has 0 unspecified atom stereocenters. The van der Waals surface area contributed by atoms with Crippen LogP contribution in [0.4, 0.5) is 0 Å². The molecule has 22 heavy (non-hydrogen) atoms. The van der Waals surface area contributed by atoms with E-state index in [1.54, 1.807) is 18.4 Å². The number of rotatable bonds is 6. The number of nitrogens with zero attached hydrogens (tertiary/aromatic N) is 2. The van der Waals surface area contributed by atoms with Gasteiger partial charge in [0.2, 0.25) is 17.6 Å². The topological polar surface area (TPSA) is 81.2 Å². The van der Waals surface area contributed by atoms with Crippen LogP contribution in [0.1, 0.15) is 51.5 Å². The summed E-state index contributed by atoms with van der Waals surface area (Å²) in [5.41, 5.74) is 0. The van der Waals surface area contributed by atoms with Gasteiger partial charge in [-0.2, -0.15) is 4.98 Å². The van der Waals surface area contributed by atoms with Crippen molar-refractivity contribution < 1.29 is 13.7 Å². The van der Waals surface area contributed by atoms with Crippen LogP contribution < -0.4 is 5.32 Å². The van der Waals surface area contributed by atoms with Gasteiger partial charge in [0.25, 0.3) is 0 Å². The molecule has 3 rings (SSSR count). The Balaban J connectivity index is 1.78. The normalized spacial score (nSPS) is 17.7. The Bertz CT molecular complexity index is 616. The van der Waals surface area contributed by atoms with Crippen LogP contribution in [0.2, 0.25) is 0 Å². The van der Waals surface area contributed by atoms with Gasteiger partial charge in [-0.15, -0.1) is 0 Å². The Labute approximate surface area is 129 Å². The average molecular weight is 303 g/mol. The molecule has 1 fully saturated rings. The SMILES string of the molecule is CC[C@H](C)[C@@H](NC(=O)C1CCC1)c1nc(-c2ccco2)no1. The third-order valence-corrected chi connectivity index (χ3v) is 4.44. The Morgan fingerprint density at radius 3 is 2.91 bits per heavy atom. The molecule has 0 aromatic carbocycles. The molecule has 2 aromatic rings. The van der Waals surface area contributed by atoms with E-state index in [-0.39, 0.29) is 23.8 Å². The molecule has 0 aliphatic heterocycles. The summed E-state index contributed by atoms with van der Waals surface area (Å²) in [6.07, 6.45) is 5.56. The smallest absolute Gasteiger partial charge is 0.249 e. The van der Waals surface area contributed by atoms with E-state index in [1.807, 2.05) is 0 Å². The monoisotopic (exact) mass is 303 g/mol. The van der Waals surface area contributed by atoms with Gasteiger partial charge in [0.15, 0.2) is 5.76 Å². The van der Waals surface area contributed by atoms with Crippen LogP contribution in [-0.2, 0) is 4.79 Å². The van der Waals surface area contributed by atoms with Crippen molar-refractivity contribution in [3.05, 3.63) is 24.3 Å². The van der Waals surface area contributed by atoms with Crippen molar-refractivity contribution in [2.24, 2.45) is 11.8 Å². The van der Waals surface area contributed by atoms with Crippen LogP contribution in [0.5, 0.6) is 0 Å². The maximum atomic E-state index is 12.2. The molecule has 1 N–H and O–H groups in total. The summed E-state index contributed by atoms with van der Waals surface area (Å²) in [4.78, 5) is 16.6. The van der Waals surface area contributed by atoms with Gasteiger partial charge in [0, 0.05) is 5.92 Å². The van der Waals surface area contributed by atoms with Crippen LogP contribution in [0.25, 0.3) is 11.6 Å². The number of carbonyl (C=O) groups is 1. The minimum Gasteiger partial charge on any atom is -0.461 e. The van der Waals surface area contributed by atoms with Crippen molar-refractivity contribution in [2.45, 2.75) is 45.6 Å². The Kier molecular flexibility index (Phi) is 4.27. The highest BCUT2D eigenvalue weighted by molar-refractivity contribution is 5.79. The minimum atomic E-state index is -0.255. The average Bonchev–Trinajstić information content (AvgIpc) is 3.12. The number of nitrogens with one attached hydrogen (secondary N) is 1. The zero-order valence-corrected chi connectivity index (χ0v) is 12.9. The molecule has 118 valence electrons. The fraction of sp³-hybridized carbons (Fsp3) is 0.562. The van der Waals surface area contributed by atoms with Crippen molar-refractivity contribution in [1.82, 2.24) is 15.5 Å². The first-order chi connectivity index (χ1) is 10.7. The fourth-order valence-electron chi connectivity index (χ4n) is 2.49. The molecule has 1 aliphatic carbocycles. The Morgan fingerprint density at radius 1 is 1.50 bits per heavy atom. The highest BCUT2D eigenvalue weighted by Crippen LogP contribution is 2.30. The molecule has 1 amide bonds. The standard InChI is InChI=1S/C16H21N3O3/c1-3-10(2)13(17-15(20)11-6-4-7-11)16-18-14(19-22-16)12-8-5-9-21-12/h5,8-11,13H,3-4,6-7H2,1-2H3,(H,17,20)/t10-,13+/m0/s1. The van der Waals surface area contributed by atoms with E-state index in [1.165, 1.54) is 0 Å². The predicted molar refractivity (Wildman–Crippen MR) is 79.7 cm³/mol. The van der Waals surface area contributed by atoms with Crippen LogP contribution in [-0.4, -0.2) is 16.0 Å². The summed E-state index contributed by atoms with van der Waals surface area (Å²) in [7, 11) is 0. The van der Waals surface area contributed by atoms with Gasteiger partial charge >= 0.3 is 0 Å². The summed E-state index contributed by atoms with van der Waals surface area (Å²) in [6.45, 7) is 4.15. The Morgan fingerprint density at radius 2 is 2.32 bits per heavy atom. The largest absolute Gasteiger partial charge is 0.461 e. The van der Waals surface area contributed by atoms with Crippen molar-refractivity contribution >= 4 is 5.91 Å². The third-order valence-electron chi connectivity index (χ3n) is 4.44. The van der Waals surface area contributed by atoms with Crippen LogP contribution in [0.3, 0.4) is 0 Å². The summed E-state index contributed by atoms with van der Waals surface area (Å²) >= 11 is 0. The van der Waals surface area contributed by atoms with E-state index < -0.39 is 0 Å². The quantitative estimate of drug-likeness (QED) is 0.885. The molecule has 2 heterocycles. The van der Waals surface area contributed by atoms with Crippen molar-refractivity contribution in [2.75, 3.05) is 0 Å². The first-order valence-electron chi connectivity index (χ1n) is 7.87. The summed E-state index contributed by atoms with van der Waals surface area (Å²) < 4.78 is 10.6. The molecule has 1 saturated carbocycles. The molecule has 2 atom stereocenters. The zero-order valence-electron chi connectivity index (χ0n) is 12.9. The highest BCUT2D eigenvalue weighted by atomic mass is 16.5. The van der Waals surface area contributed by atoms with Crippen LogP contribution >= 0.6 is 0 Å². The van der Waals surface area contributed by atoms with Gasteiger partial charge in [-0.1, -0.05) is 31.8 Å². The van der Waals surface area contributed by atoms with E-state index in [0.29, 0.717) is 17.5 Å². The van der Waals surface area contributed by atoms with E-state index in [9.17, 15) is 4.79 Å². The van der Waals surface area contributed by atoms with Gasteiger partial charge in [0.05, 0.1) is 6.26 Å². The van der Waals surface area contributed by atoms with Gasteiger partial charge in [0.1, 0.15) is 6.04 Å². The van der Waals surface area contributed by atoms with Gasteiger partial charge in [-0.3, -0.25) is 4.79 Å². The fourth-order valence-corrected chi connectivity index (χ4v) is 2.49. The highest BCUT2D eigenvalue weighted by Gasteiger charge is 2.31. The number of amides is 1. The van der Waals surface area contributed by atoms with E-state index in [0.717, 1.165) is 25.7 Å². The zero-order chi connectivity index (χ0) is 15.5. The van der Waals surface area contributed by atoms with E-state index in [4.69, 9.17) is 8.94 Å². The molecule has 6 nitrogen and oxygen atoms in total. The number of hydrogen-bond donors (Lipinski definition) is 1. The second-order valence-corrected chi connectivity index (χ2v) is 5.93. The van der Waals surface area contributed by atoms with Crippen molar-refractivity contribution in [1.29, 1.82) is 0 Å². The molecule has 1 aliphatic rings. The predicted octanol–water partition coefficient (Wildman–Crippen LogP) is 3.33. The maximum absolute atomic E-state index is 12.2. The molecule has 0 spiro atoms. The number of aromatic nitrogens is 2. The molecule has 0 saturated heterocycles. The van der Waals surface area contributed by atoms with Crippen molar-refractivity contribution in [3.8, 4) is 11.6 Å². The van der Waals surface area contributed by atoms with Crippen LogP contribution in [0.15, 0.2) is 27.3 Å². The Hall–Kier alpha value is -2.11. The maximum Gasteiger partial charge on any atom is 0.249 e. The lowest BCUT2D eigenvalue weighted by Crippen LogP contribution is -2.39. The van der Waals surface area contributed by atoms with Gasteiger partial charge < -0.3 is 14.3 Å². The first kappa shape index (κ1) is 14.8. The molecular formula is C16H21N3O3. The molecule has 6 heteroatoms. The van der Waals surface area contributed by atoms with Crippen molar-refractivity contribution in [3.63, 3.8) is 0 Å². The number of furan rings is 1. The third kappa shape index (κ3) is 2.91. The van der Waals surface area contributed by atoms with E-state index >= 15 is 0 Å². The molecule has 2 aromatic heterocycles. The number of hydrogen-bond acceptors (Lipinski definition) is 5. The molecular weight excluding hydrogens is 282 g/mol. The first-order valence-corrected chi connectivity index (χ1v) is 7.87. The van der Waals surface area contributed by atoms with Crippen LogP contribution in [0, 0.1) is 11.8 Å². The van der Waals surface area contributed by atoms with Gasteiger partial charge in [-0.05, 0) is 30.9 Å². The summed E-state index contributed by atoms with van der Waals surface area (Å²) in [5.74, 6) is 1.85. The molecule has 0 bridgehead atoms. The number of carbonyl (C=O) groups excluding carboxylic acids is 1. The minimum absolute atomic E-state index is 0.0919. The lowest BCUT2D eigenvalue weighted by Gasteiger charge is -2.28. The van der Waals surface area contributed by atoms with Gasteiger partial charge in [-0.25, -0.2) is 0 Å². The second kappa shape index (κ2) is 6.34. The lowest BCUT2D eigenvalue weighted by atomic mass is 9.84. The second-order valence-electron chi connectivity index (χ2n) is 5.93. The summed E-state index contributed by atoms with van der Waals surface area (Å²) in [5, 5.41) is 7.03. The lowest BCUT2D eigenvalue weighted by molar-refractivity contribution is -0.128. The molecule has 0 radical (unpaired) electrons. The van der Waals surface area contributed by atoms with E-state index in [2.05, 4.69) is 29.3 Å². The summed E-state index contributed by atoms with van der Waals surface area (Å²) in [6, 6.07) is 3.30.